The molecule has 3 rings (SSSR count). The highest BCUT2D eigenvalue weighted by atomic mass is 16.6. The monoisotopic (exact) mass is 354 g/mol. The van der Waals surface area contributed by atoms with E-state index in [4.69, 9.17) is 5.73 Å². The molecule has 0 aliphatic carbocycles. The van der Waals surface area contributed by atoms with Crippen LogP contribution >= 0.6 is 0 Å². The van der Waals surface area contributed by atoms with Crippen LogP contribution in [0.1, 0.15) is 5.69 Å². The fourth-order valence-corrected chi connectivity index (χ4v) is 2.32. The summed E-state index contributed by atoms with van der Waals surface area (Å²) in [5.41, 5.74) is 6.56. The number of benzene rings is 2. The Balaban J connectivity index is 1.97. The fraction of sp³-hybridized carbons (Fsp3) is 0.0625. The molecule has 0 fully saturated rings. The standard InChI is InChI=1S/C16H14N6O4/c1-9-15(16(24)21(20-9)11-4-2-3-10(17)7-11)19-18-13-6-5-12(22(25)26)8-14(13)23/h2-8,20,23H,17H2,1H3. The first-order chi connectivity index (χ1) is 12.4. The number of nitrogens with one attached hydrogen (secondary N) is 1. The summed E-state index contributed by atoms with van der Waals surface area (Å²) in [7, 11) is 0. The number of nitrogens with two attached hydrogens (primary N) is 1. The number of nitrogen functional groups attached to an aromatic ring is 1. The Kier molecular flexibility index (Phi) is 4.23. The normalized spacial score (nSPS) is 11.1. The van der Waals surface area contributed by atoms with E-state index in [0.717, 1.165) is 6.07 Å². The molecule has 4 N–H and O–H groups in total. The smallest absolute Gasteiger partial charge is 0.299 e. The summed E-state index contributed by atoms with van der Waals surface area (Å²) in [6.07, 6.45) is 0. The Bertz CT molecular complexity index is 1080. The molecule has 1 heterocycles. The Hall–Kier alpha value is -3.95. The molecular formula is C16H14N6O4. The van der Waals surface area contributed by atoms with Gasteiger partial charge in [-0.15, -0.1) is 10.2 Å². The molecule has 10 heteroatoms. The first-order valence-electron chi connectivity index (χ1n) is 7.43. The van der Waals surface area contributed by atoms with Crippen molar-refractivity contribution >= 4 is 22.7 Å². The zero-order chi connectivity index (χ0) is 18.8. The van der Waals surface area contributed by atoms with Crippen LogP contribution in [0.3, 0.4) is 0 Å². The number of nitrogens with zero attached hydrogens (tertiary/aromatic N) is 4. The van der Waals surface area contributed by atoms with Crippen LogP contribution in [-0.4, -0.2) is 19.8 Å². The Labute approximate surface area is 146 Å². The van der Waals surface area contributed by atoms with Gasteiger partial charge in [0.2, 0.25) is 0 Å². The molecule has 1 aromatic heterocycles. The molecule has 0 radical (unpaired) electrons. The quantitative estimate of drug-likeness (QED) is 0.284. The van der Waals surface area contributed by atoms with Gasteiger partial charge in [-0.1, -0.05) is 6.07 Å². The van der Waals surface area contributed by atoms with Crippen LogP contribution in [0.4, 0.5) is 22.7 Å². The molecule has 0 saturated heterocycles. The van der Waals surface area contributed by atoms with E-state index < -0.39 is 16.2 Å². The topological polar surface area (TPSA) is 152 Å². The van der Waals surface area contributed by atoms with E-state index in [1.807, 2.05) is 0 Å². The lowest BCUT2D eigenvalue weighted by atomic mass is 10.2. The third-order valence-electron chi connectivity index (χ3n) is 3.60. The van der Waals surface area contributed by atoms with Crippen LogP contribution in [0, 0.1) is 17.0 Å². The molecule has 0 aliphatic rings. The number of non-ortho nitro benzene ring substituents is 1. The van der Waals surface area contributed by atoms with Gasteiger partial charge >= 0.3 is 0 Å². The number of phenols is 1. The molecule has 0 atom stereocenters. The number of hydrogen-bond acceptors (Lipinski definition) is 7. The van der Waals surface area contributed by atoms with E-state index in [-0.39, 0.29) is 17.1 Å². The van der Waals surface area contributed by atoms with Gasteiger partial charge in [0.1, 0.15) is 11.4 Å². The molecule has 10 nitrogen and oxygen atoms in total. The zero-order valence-electron chi connectivity index (χ0n) is 13.6. The second-order valence-electron chi connectivity index (χ2n) is 5.45. The summed E-state index contributed by atoms with van der Waals surface area (Å²) in [6.45, 7) is 1.65. The summed E-state index contributed by atoms with van der Waals surface area (Å²) in [5.74, 6) is -0.410. The van der Waals surface area contributed by atoms with Crippen molar-refractivity contribution in [3.8, 4) is 11.4 Å². The van der Waals surface area contributed by atoms with Crippen molar-refractivity contribution in [3.05, 3.63) is 68.6 Å². The maximum absolute atomic E-state index is 12.5. The fourth-order valence-electron chi connectivity index (χ4n) is 2.32. The van der Waals surface area contributed by atoms with Gasteiger partial charge in [-0.3, -0.25) is 20.0 Å². The van der Waals surface area contributed by atoms with Crippen molar-refractivity contribution in [2.45, 2.75) is 6.92 Å². The Morgan fingerprint density at radius 1 is 1.23 bits per heavy atom. The van der Waals surface area contributed by atoms with Crippen LogP contribution < -0.4 is 11.3 Å². The second kappa shape index (κ2) is 6.51. The summed E-state index contributed by atoms with van der Waals surface area (Å²) in [4.78, 5) is 22.6. The second-order valence-corrected chi connectivity index (χ2v) is 5.45. The van der Waals surface area contributed by atoms with Gasteiger partial charge in [0.25, 0.3) is 11.2 Å². The van der Waals surface area contributed by atoms with Crippen LogP contribution in [0.15, 0.2) is 57.5 Å². The highest BCUT2D eigenvalue weighted by Gasteiger charge is 2.13. The maximum Gasteiger partial charge on any atom is 0.299 e. The minimum atomic E-state index is -0.638. The van der Waals surface area contributed by atoms with Crippen molar-refractivity contribution in [1.29, 1.82) is 0 Å². The van der Waals surface area contributed by atoms with Crippen molar-refractivity contribution in [3.63, 3.8) is 0 Å². The summed E-state index contributed by atoms with van der Waals surface area (Å²) in [6, 6.07) is 10.1. The average Bonchev–Trinajstić information content (AvgIpc) is 2.88. The zero-order valence-corrected chi connectivity index (χ0v) is 13.6. The molecule has 0 aliphatic heterocycles. The van der Waals surface area contributed by atoms with Crippen molar-refractivity contribution in [1.82, 2.24) is 9.78 Å². The van der Waals surface area contributed by atoms with Gasteiger partial charge in [0.15, 0.2) is 5.69 Å². The van der Waals surface area contributed by atoms with Crippen LogP contribution in [0.2, 0.25) is 0 Å². The minimum absolute atomic E-state index is 0.00565. The van der Waals surface area contributed by atoms with E-state index in [1.54, 1.807) is 31.2 Å². The number of azo groups is 1. The largest absolute Gasteiger partial charge is 0.505 e. The Morgan fingerprint density at radius 2 is 2.00 bits per heavy atom. The van der Waals surface area contributed by atoms with Crippen molar-refractivity contribution in [2.24, 2.45) is 10.2 Å². The lowest BCUT2D eigenvalue weighted by Crippen LogP contribution is -2.14. The molecule has 3 aromatic rings. The van der Waals surface area contributed by atoms with Gasteiger partial charge in [0.05, 0.1) is 22.4 Å². The van der Waals surface area contributed by atoms with Crippen LogP contribution in [0.5, 0.6) is 5.75 Å². The molecule has 0 amide bonds. The summed E-state index contributed by atoms with van der Waals surface area (Å²) in [5, 5.41) is 31.1. The lowest BCUT2D eigenvalue weighted by Gasteiger charge is -2.01. The van der Waals surface area contributed by atoms with Crippen LogP contribution in [0.25, 0.3) is 5.69 Å². The first-order valence-corrected chi connectivity index (χ1v) is 7.43. The average molecular weight is 354 g/mol. The molecular weight excluding hydrogens is 340 g/mol. The third-order valence-corrected chi connectivity index (χ3v) is 3.60. The molecule has 0 bridgehead atoms. The van der Waals surface area contributed by atoms with E-state index in [9.17, 15) is 20.0 Å². The number of rotatable bonds is 4. The van der Waals surface area contributed by atoms with E-state index in [0.29, 0.717) is 17.1 Å². The molecule has 0 saturated carbocycles. The number of phenolic OH excluding ortho intramolecular Hbond substituents is 1. The van der Waals surface area contributed by atoms with Crippen molar-refractivity contribution < 1.29 is 10.0 Å². The number of anilines is 1. The summed E-state index contributed by atoms with van der Waals surface area (Å²) < 4.78 is 1.27. The molecule has 2 aromatic carbocycles. The molecule has 26 heavy (non-hydrogen) atoms. The molecule has 132 valence electrons. The highest BCUT2D eigenvalue weighted by Crippen LogP contribution is 2.31. The number of aryl methyl sites for hydroxylation is 1. The van der Waals surface area contributed by atoms with Gasteiger partial charge in [-0.25, -0.2) is 4.68 Å². The summed E-state index contributed by atoms with van der Waals surface area (Å²) >= 11 is 0. The number of aromatic amines is 1. The highest BCUT2D eigenvalue weighted by molar-refractivity contribution is 5.56. The molecule has 0 unspecified atom stereocenters. The Morgan fingerprint density at radius 3 is 2.65 bits per heavy atom. The number of hydrogen-bond donors (Lipinski definition) is 3. The van der Waals surface area contributed by atoms with Crippen molar-refractivity contribution in [2.75, 3.05) is 5.73 Å². The van der Waals surface area contributed by atoms with E-state index in [2.05, 4.69) is 15.3 Å². The predicted molar refractivity (Wildman–Crippen MR) is 94.5 cm³/mol. The molecule has 0 spiro atoms. The van der Waals surface area contributed by atoms with Gasteiger partial charge in [-0.05, 0) is 31.2 Å². The van der Waals surface area contributed by atoms with Crippen LogP contribution in [-0.2, 0) is 0 Å². The predicted octanol–water partition coefficient (Wildman–Crippen LogP) is 3.09. The number of aromatic nitrogens is 2. The maximum atomic E-state index is 12.5. The van der Waals surface area contributed by atoms with E-state index in [1.165, 1.54) is 16.8 Å². The minimum Gasteiger partial charge on any atom is -0.505 e. The number of H-pyrrole nitrogens is 1. The van der Waals surface area contributed by atoms with Gasteiger partial charge < -0.3 is 10.8 Å². The van der Waals surface area contributed by atoms with Gasteiger partial charge in [0, 0.05) is 11.8 Å². The number of aromatic hydroxyl groups is 1. The van der Waals surface area contributed by atoms with Gasteiger partial charge in [-0.2, -0.15) is 0 Å². The van der Waals surface area contributed by atoms with E-state index >= 15 is 0 Å². The third kappa shape index (κ3) is 3.15. The number of nitro benzene ring substituents is 1. The lowest BCUT2D eigenvalue weighted by molar-refractivity contribution is -0.384. The SMILES string of the molecule is Cc1[nH]n(-c2cccc(N)c2)c(=O)c1N=Nc1ccc([N+](=O)[O-])cc1O. The number of nitro groups is 1. The first kappa shape index (κ1) is 16.9.